The summed E-state index contributed by atoms with van der Waals surface area (Å²) >= 11 is 0. The molecular formula is C22H23NO. The Balaban J connectivity index is 2.00. The highest BCUT2D eigenvalue weighted by Gasteiger charge is 2.09. The average Bonchev–Trinajstić information content (AvgIpc) is 2.62. The van der Waals surface area contributed by atoms with Gasteiger partial charge in [-0.2, -0.15) is 0 Å². The second-order valence-corrected chi connectivity index (χ2v) is 6.05. The molecule has 0 saturated heterocycles. The zero-order valence-electron chi connectivity index (χ0n) is 14.3. The number of methoxy groups -OCH3 is 1. The van der Waals surface area contributed by atoms with Gasteiger partial charge >= 0.3 is 0 Å². The lowest BCUT2D eigenvalue weighted by Crippen LogP contribution is -2.02. The Morgan fingerprint density at radius 3 is 2.38 bits per heavy atom. The van der Waals surface area contributed by atoms with Crippen LogP contribution in [0.4, 0.5) is 0 Å². The van der Waals surface area contributed by atoms with E-state index in [1.807, 2.05) is 6.07 Å². The van der Waals surface area contributed by atoms with Gasteiger partial charge in [-0.25, -0.2) is 0 Å². The smallest absolute Gasteiger partial charge is 0.126 e. The first-order valence-electron chi connectivity index (χ1n) is 8.22. The molecule has 2 heteroatoms. The minimum atomic E-state index is 0.567. The SMILES string of the molecule is COc1ccc(Cc2ccccc2CN)cc1-c1cccc(C)c1. The van der Waals surface area contributed by atoms with Crippen LogP contribution < -0.4 is 10.5 Å². The summed E-state index contributed by atoms with van der Waals surface area (Å²) in [6.07, 6.45) is 0.871. The number of hydrogen-bond donors (Lipinski definition) is 1. The third kappa shape index (κ3) is 3.50. The normalized spacial score (nSPS) is 10.6. The highest BCUT2D eigenvalue weighted by Crippen LogP contribution is 2.32. The van der Waals surface area contributed by atoms with Crippen LogP contribution in [0.5, 0.6) is 5.75 Å². The van der Waals surface area contributed by atoms with Gasteiger partial charge in [0.2, 0.25) is 0 Å². The zero-order chi connectivity index (χ0) is 16.9. The predicted octanol–water partition coefficient (Wildman–Crippen LogP) is 4.72. The Morgan fingerprint density at radius 1 is 0.875 bits per heavy atom. The van der Waals surface area contributed by atoms with Crippen molar-refractivity contribution >= 4 is 0 Å². The van der Waals surface area contributed by atoms with Crippen LogP contribution in [0.15, 0.2) is 66.7 Å². The van der Waals surface area contributed by atoms with Crippen LogP contribution in [0.2, 0.25) is 0 Å². The van der Waals surface area contributed by atoms with E-state index in [4.69, 9.17) is 10.5 Å². The second-order valence-electron chi connectivity index (χ2n) is 6.05. The molecule has 0 atom stereocenters. The third-order valence-corrected chi connectivity index (χ3v) is 4.33. The maximum absolute atomic E-state index is 5.87. The molecule has 0 bridgehead atoms. The number of nitrogens with two attached hydrogens (primary N) is 1. The van der Waals surface area contributed by atoms with Crippen molar-refractivity contribution in [2.24, 2.45) is 5.73 Å². The van der Waals surface area contributed by atoms with Gasteiger partial charge in [-0.3, -0.25) is 0 Å². The number of rotatable bonds is 5. The molecule has 0 aliphatic carbocycles. The van der Waals surface area contributed by atoms with Gasteiger partial charge in [-0.15, -0.1) is 0 Å². The highest BCUT2D eigenvalue weighted by atomic mass is 16.5. The Hall–Kier alpha value is -2.58. The lowest BCUT2D eigenvalue weighted by atomic mass is 9.95. The molecule has 3 rings (SSSR count). The van der Waals surface area contributed by atoms with E-state index >= 15 is 0 Å². The van der Waals surface area contributed by atoms with Crippen LogP contribution >= 0.6 is 0 Å². The van der Waals surface area contributed by atoms with Crippen molar-refractivity contribution in [1.82, 2.24) is 0 Å². The van der Waals surface area contributed by atoms with E-state index in [2.05, 4.69) is 67.6 Å². The predicted molar refractivity (Wildman–Crippen MR) is 100 cm³/mol. The Labute approximate surface area is 143 Å². The van der Waals surface area contributed by atoms with Crippen LogP contribution in [0, 0.1) is 6.92 Å². The quantitative estimate of drug-likeness (QED) is 0.739. The first-order chi connectivity index (χ1) is 11.7. The van der Waals surface area contributed by atoms with Gasteiger partial charge in [-0.1, -0.05) is 60.2 Å². The summed E-state index contributed by atoms with van der Waals surface area (Å²) in [6.45, 7) is 2.67. The van der Waals surface area contributed by atoms with Crippen LogP contribution in [0.1, 0.15) is 22.3 Å². The number of benzene rings is 3. The van der Waals surface area contributed by atoms with Crippen LogP contribution in [0.25, 0.3) is 11.1 Å². The third-order valence-electron chi connectivity index (χ3n) is 4.33. The first kappa shape index (κ1) is 16.3. The fourth-order valence-electron chi connectivity index (χ4n) is 3.05. The fraction of sp³-hybridized carbons (Fsp3) is 0.182. The Morgan fingerprint density at radius 2 is 1.67 bits per heavy atom. The summed E-state index contributed by atoms with van der Waals surface area (Å²) in [4.78, 5) is 0. The van der Waals surface area contributed by atoms with E-state index in [1.54, 1.807) is 7.11 Å². The second kappa shape index (κ2) is 7.33. The van der Waals surface area contributed by atoms with E-state index in [0.717, 1.165) is 17.7 Å². The molecule has 0 aromatic heterocycles. The number of ether oxygens (including phenoxy) is 1. The molecule has 0 unspecified atom stereocenters. The van der Waals surface area contributed by atoms with Gasteiger partial charge < -0.3 is 10.5 Å². The van der Waals surface area contributed by atoms with E-state index in [-0.39, 0.29) is 0 Å². The highest BCUT2D eigenvalue weighted by molar-refractivity contribution is 5.72. The number of hydrogen-bond acceptors (Lipinski definition) is 2. The molecular weight excluding hydrogens is 294 g/mol. The lowest BCUT2D eigenvalue weighted by molar-refractivity contribution is 0.416. The van der Waals surface area contributed by atoms with Gasteiger partial charge in [0.15, 0.2) is 0 Å². The van der Waals surface area contributed by atoms with Crippen LogP contribution in [-0.2, 0) is 13.0 Å². The van der Waals surface area contributed by atoms with Crippen LogP contribution in [0.3, 0.4) is 0 Å². The first-order valence-corrected chi connectivity index (χ1v) is 8.22. The zero-order valence-corrected chi connectivity index (χ0v) is 14.3. The Kier molecular flexibility index (Phi) is 4.97. The molecule has 0 amide bonds. The molecule has 2 nitrogen and oxygen atoms in total. The standard InChI is InChI=1S/C22H23NO/c1-16-6-5-9-19(12-16)21-14-17(10-11-22(21)24-2)13-18-7-3-4-8-20(18)15-23/h3-12,14H,13,15,23H2,1-2H3. The molecule has 0 saturated carbocycles. The maximum atomic E-state index is 5.87. The molecule has 0 heterocycles. The van der Waals surface area contributed by atoms with Crippen molar-refractivity contribution in [1.29, 1.82) is 0 Å². The van der Waals surface area contributed by atoms with Gasteiger partial charge in [0, 0.05) is 12.1 Å². The molecule has 0 aliphatic heterocycles. The topological polar surface area (TPSA) is 35.2 Å². The molecule has 24 heavy (non-hydrogen) atoms. The van der Waals surface area contributed by atoms with Crippen molar-refractivity contribution in [3.8, 4) is 16.9 Å². The summed E-state index contributed by atoms with van der Waals surface area (Å²) in [6, 6.07) is 23.3. The van der Waals surface area contributed by atoms with Crippen molar-refractivity contribution in [3.63, 3.8) is 0 Å². The lowest BCUT2D eigenvalue weighted by Gasteiger charge is -2.13. The van der Waals surface area contributed by atoms with E-state index in [9.17, 15) is 0 Å². The molecule has 0 spiro atoms. The van der Waals surface area contributed by atoms with E-state index < -0.39 is 0 Å². The molecule has 0 aliphatic rings. The van der Waals surface area contributed by atoms with Crippen molar-refractivity contribution in [3.05, 3.63) is 89.0 Å². The molecule has 0 fully saturated rings. The van der Waals surface area contributed by atoms with Gasteiger partial charge in [0.05, 0.1) is 7.11 Å². The number of aryl methyl sites for hydroxylation is 1. The largest absolute Gasteiger partial charge is 0.496 e. The maximum Gasteiger partial charge on any atom is 0.126 e. The summed E-state index contributed by atoms with van der Waals surface area (Å²) < 4.78 is 5.57. The van der Waals surface area contributed by atoms with Gasteiger partial charge in [0.25, 0.3) is 0 Å². The fourth-order valence-corrected chi connectivity index (χ4v) is 3.05. The van der Waals surface area contributed by atoms with Crippen molar-refractivity contribution in [2.75, 3.05) is 7.11 Å². The molecule has 2 N–H and O–H groups in total. The molecule has 0 radical (unpaired) electrons. The van der Waals surface area contributed by atoms with Crippen molar-refractivity contribution < 1.29 is 4.74 Å². The summed E-state index contributed by atoms with van der Waals surface area (Å²) in [5.74, 6) is 0.900. The van der Waals surface area contributed by atoms with Gasteiger partial charge in [0.1, 0.15) is 5.75 Å². The Bertz CT molecular complexity index is 839. The molecule has 122 valence electrons. The summed E-state index contributed by atoms with van der Waals surface area (Å²) in [5, 5.41) is 0. The summed E-state index contributed by atoms with van der Waals surface area (Å²) in [7, 11) is 1.72. The molecule has 3 aromatic carbocycles. The monoisotopic (exact) mass is 317 g/mol. The van der Waals surface area contributed by atoms with E-state index in [1.165, 1.54) is 27.8 Å². The minimum absolute atomic E-state index is 0.567. The van der Waals surface area contributed by atoms with Crippen LogP contribution in [-0.4, -0.2) is 7.11 Å². The molecule has 3 aromatic rings. The van der Waals surface area contributed by atoms with Gasteiger partial charge in [-0.05, 0) is 47.7 Å². The minimum Gasteiger partial charge on any atom is -0.496 e. The summed E-state index contributed by atoms with van der Waals surface area (Å²) in [5.41, 5.74) is 13.2. The van der Waals surface area contributed by atoms with Crippen molar-refractivity contribution in [2.45, 2.75) is 19.9 Å². The average molecular weight is 317 g/mol. The van der Waals surface area contributed by atoms with E-state index in [0.29, 0.717) is 6.54 Å².